The number of hydrogen-bond donors (Lipinski definition) is 0. The molecule has 1 aromatic carbocycles. The maximum atomic E-state index is 13.0. The minimum Gasteiger partial charge on any atom is -0.264 e. The largest absolute Gasteiger partial charge is 0.417 e. The molecule has 5 heteroatoms. The van der Waals surface area contributed by atoms with Gasteiger partial charge in [0.25, 0.3) is 0 Å². The number of hydrogen-bond acceptors (Lipinski definition) is 2. The lowest BCUT2D eigenvalue weighted by Crippen LogP contribution is -2.07. The predicted molar refractivity (Wildman–Crippen MR) is 64.0 cm³/mol. The van der Waals surface area contributed by atoms with Crippen molar-refractivity contribution in [3.05, 3.63) is 53.9 Å². The highest BCUT2D eigenvalue weighted by Crippen LogP contribution is 2.37. The Morgan fingerprint density at radius 2 is 2.00 bits per heavy atom. The van der Waals surface area contributed by atoms with Crippen LogP contribution in [0.15, 0.2) is 42.7 Å². The molecule has 0 aliphatic carbocycles. The lowest BCUT2D eigenvalue weighted by Gasteiger charge is -2.13. The zero-order chi connectivity index (χ0) is 13.9. The molecule has 0 saturated heterocycles. The Hall–Kier alpha value is -2.35. The first-order valence-electron chi connectivity index (χ1n) is 5.50. The first-order chi connectivity index (χ1) is 9.02. The van der Waals surface area contributed by atoms with Gasteiger partial charge in [-0.1, -0.05) is 12.1 Å². The molecule has 0 spiro atoms. The standard InChI is InChI=1S/C14H9F3N2/c15-14(16,17)13-4-3-10(5-6-18)8-12(13)11-2-1-7-19-9-11/h1-4,7-9H,5H2. The molecule has 2 rings (SSSR count). The Kier molecular flexibility index (Phi) is 3.52. The summed E-state index contributed by atoms with van der Waals surface area (Å²) in [5.74, 6) is 0. The Labute approximate surface area is 108 Å². The van der Waals surface area contributed by atoms with Gasteiger partial charge in [-0.25, -0.2) is 0 Å². The van der Waals surface area contributed by atoms with Gasteiger partial charge >= 0.3 is 6.18 Å². The van der Waals surface area contributed by atoms with Crippen molar-refractivity contribution in [3.63, 3.8) is 0 Å². The van der Waals surface area contributed by atoms with Crippen molar-refractivity contribution >= 4 is 0 Å². The third-order valence-corrected chi connectivity index (χ3v) is 2.65. The van der Waals surface area contributed by atoms with Gasteiger partial charge in [-0.3, -0.25) is 4.98 Å². The first-order valence-corrected chi connectivity index (χ1v) is 5.50. The normalized spacial score (nSPS) is 11.1. The number of alkyl halides is 3. The summed E-state index contributed by atoms with van der Waals surface area (Å²) >= 11 is 0. The highest BCUT2D eigenvalue weighted by Gasteiger charge is 2.33. The summed E-state index contributed by atoms with van der Waals surface area (Å²) in [5, 5.41) is 8.63. The molecular formula is C14H9F3N2. The smallest absolute Gasteiger partial charge is 0.264 e. The van der Waals surface area contributed by atoms with Crippen LogP contribution in [-0.4, -0.2) is 4.98 Å². The van der Waals surface area contributed by atoms with Gasteiger partial charge in [-0.15, -0.1) is 0 Å². The van der Waals surface area contributed by atoms with Crippen LogP contribution in [0.1, 0.15) is 11.1 Å². The molecule has 0 radical (unpaired) electrons. The van der Waals surface area contributed by atoms with Crippen LogP contribution in [0.5, 0.6) is 0 Å². The molecule has 1 aromatic heterocycles. The van der Waals surface area contributed by atoms with Crippen LogP contribution in [0.4, 0.5) is 13.2 Å². The average molecular weight is 262 g/mol. The van der Waals surface area contributed by atoms with E-state index in [2.05, 4.69) is 4.98 Å². The van der Waals surface area contributed by atoms with E-state index in [0.29, 0.717) is 11.1 Å². The van der Waals surface area contributed by atoms with E-state index in [1.807, 2.05) is 6.07 Å². The van der Waals surface area contributed by atoms with Crippen LogP contribution in [0.3, 0.4) is 0 Å². The predicted octanol–water partition coefficient (Wildman–Crippen LogP) is 3.83. The fourth-order valence-electron chi connectivity index (χ4n) is 1.80. The molecule has 0 aliphatic heterocycles. The molecule has 19 heavy (non-hydrogen) atoms. The van der Waals surface area contributed by atoms with Gasteiger partial charge < -0.3 is 0 Å². The van der Waals surface area contributed by atoms with E-state index in [0.717, 1.165) is 6.07 Å². The summed E-state index contributed by atoms with van der Waals surface area (Å²) in [6, 6.07) is 8.79. The summed E-state index contributed by atoms with van der Waals surface area (Å²) in [7, 11) is 0. The van der Waals surface area contributed by atoms with Crippen LogP contribution < -0.4 is 0 Å². The van der Waals surface area contributed by atoms with Crippen LogP contribution in [-0.2, 0) is 12.6 Å². The summed E-state index contributed by atoms with van der Waals surface area (Å²) in [4.78, 5) is 3.83. The molecule has 0 unspecified atom stereocenters. The number of nitrogens with zero attached hydrogens (tertiary/aromatic N) is 2. The molecule has 0 fully saturated rings. The number of rotatable bonds is 2. The molecule has 0 aliphatic rings. The van der Waals surface area contributed by atoms with Crippen LogP contribution in [0.25, 0.3) is 11.1 Å². The van der Waals surface area contributed by atoms with Gasteiger partial charge in [0.2, 0.25) is 0 Å². The lowest BCUT2D eigenvalue weighted by molar-refractivity contribution is -0.137. The monoisotopic (exact) mass is 262 g/mol. The van der Waals surface area contributed by atoms with Gasteiger partial charge in [-0.2, -0.15) is 18.4 Å². The molecule has 1 heterocycles. The van der Waals surface area contributed by atoms with E-state index in [1.54, 1.807) is 12.1 Å². The zero-order valence-corrected chi connectivity index (χ0v) is 9.78. The Balaban J connectivity index is 2.61. The minimum absolute atomic E-state index is 0.0494. The fourth-order valence-corrected chi connectivity index (χ4v) is 1.80. The van der Waals surface area contributed by atoms with E-state index in [1.165, 1.54) is 24.5 Å². The second kappa shape index (κ2) is 5.11. The van der Waals surface area contributed by atoms with Gasteiger partial charge in [0, 0.05) is 18.0 Å². The molecule has 0 bridgehead atoms. The minimum atomic E-state index is -4.43. The summed E-state index contributed by atoms with van der Waals surface area (Å²) in [6.45, 7) is 0. The molecule has 0 N–H and O–H groups in total. The van der Waals surface area contributed by atoms with E-state index in [4.69, 9.17) is 5.26 Å². The molecular weight excluding hydrogens is 253 g/mol. The highest BCUT2D eigenvalue weighted by molar-refractivity contribution is 5.68. The molecule has 96 valence electrons. The Morgan fingerprint density at radius 3 is 2.58 bits per heavy atom. The van der Waals surface area contributed by atoms with E-state index in [-0.39, 0.29) is 12.0 Å². The highest BCUT2D eigenvalue weighted by atomic mass is 19.4. The third kappa shape index (κ3) is 2.91. The van der Waals surface area contributed by atoms with Crippen molar-refractivity contribution in [1.82, 2.24) is 4.98 Å². The van der Waals surface area contributed by atoms with Gasteiger partial charge in [0.1, 0.15) is 0 Å². The number of aromatic nitrogens is 1. The van der Waals surface area contributed by atoms with Crippen molar-refractivity contribution < 1.29 is 13.2 Å². The first kappa shape index (κ1) is 13.1. The maximum absolute atomic E-state index is 13.0. The molecule has 2 nitrogen and oxygen atoms in total. The molecule has 0 saturated carbocycles. The summed E-state index contributed by atoms with van der Waals surface area (Å²) < 4.78 is 38.9. The van der Waals surface area contributed by atoms with Crippen molar-refractivity contribution in [2.24, 2.45) is 0 Å². The fraction of sp³-hybridized carbons (Fsp3) is 0.143. The number of nitriles is 1. The topological polar surface area (TPSA) is 36.7 Å². The van der Waals surface area contributed by atoms with Gasteiger partial charge in [-0.05, 0) is 29.3 Å². The Morgan fingerprint density at radius 1 is 1.21 bits per heavy atom. The molecule has 0 amide bonds. The zero-order valence-electron chi connectivity index (χ0n) is 9.78. The Bertz CT molecular complexity index is 613. The second-order valence-corrected chi connectivity index (χ2v) is 3.95. The molecule has 0 atom stereocenters. The molecule has 2 aromatic rings. The lowest BCUT2D eigenvalue weighted by atomic mass is 9.97. The van der Waals surface area contributed by atoms with Crippen molar-refractivity contribution in [2.45, 2.75) is 12.6 Å². The van der Waals surface area contributed by atoms with Crippen molar-refractivity contribution in [1.29, 1.82) is 5.26 Å². The summed E-state index contributed by atoms with van der Waals surface area (Å²) in [6.07, 6.45) is -1.49. The van der Waals surface area contributed by atoms with Crippen LogP contribution in [0.2, 0.25) is 0 Å². The van der Waals surface area contributed by atoms with Crippen LogP contribution >= 0.6 is 0 Å². The number of pyridine rings is 1. The van der Waals surface area contributed by atoms with E-state index < -0.39 is 11.7 Å². The summed E-state index contributed by atoms with van der Waals surface area (Å²) in [5.41, 5.74) is 0.263. The SMILES string of the molecule is N#CCc1ccc(C(F)(F)F)c(-c2cccnc2)c1. The maximum Gasteiger partial charge on any atom is 0.417 e. The van der Waals surface area contributed by atoms with Crippen molar-refractivity contribution in [2.75, 3.05) is 0 Å². The third-order valence-electron chi connectivity index (χ3n) is 2.65. The van der Waals surface area contributed by atoms with Crippen LogP contribution in [0, 0.1) is 11.3 Å². The van der Waals surface area contributed by atoms with Gasteiger partial charge in [0.15, 0.2) is 0 Å². The average Bonchev–Trinajstić information content (AvgIpc) is 2.39. The van der Waals surface area contributed by atoms with Gasteiger partial charge in [0.05, 0.1) is 18.1 Å². The number of halogens is 3. The quantitative estimate of drug-likeness (QED) is 0.824. The van der Waals surface area contributed by atoms with E-state index in [9.17, 15) is 13.2 Å². The number of benzene rings is 1. The second-order valence-electron chi connectivity index (χ2n) is 3.95. The van der Waals surface area contributed by atoms with E-state index >= 15 is 0 Å². The van der Waals surface area contributed by atoms with Crippen molar-refractivity contribution in [3.8, 4) is 17.2 Å².